The van der Waals surface area contributed by atoms with Crippen LogP contribution in [0.1, 0.15) is 31.2 Å². The monoisotopic (exact) mass is 308 g/mol. The number of aliphatic hydroxyl groups is 1. The number of hydrogen-bond donors (Lipinski definition) is 1. The van der Waals surface area contributed by atoms with E-state index in [9.17, 15) is 5.11 Å². The molecule has 4 heteroatoms. The van der Waals surface area contributed by atoms with Gasteiger partial charge in [0.2, 0.25) is 0 Å². The van der Waals surface area contributed by atoms with E-state index in [1.165, 1.54) is 0 Å². The summed E-state index contributed by atoms with van der Waals surface area (Å²) in [4.78, 5) is 2.05. The van der Waals surface area contributed by atoms with Crippen molar-refractivity contribution in [2.45, 2.75) is 37.8 Å². The molecule has 0 spiro atoms. The third-order valence-electron chi connectivity index (χ3n) is 3.65. The summed E-state index contributed by atoms with van der Waals surface area (Å²) < 4.78 is 0.952. The van der Waals surface area contributed by atoms with Crippen molar-refractivity contribution in [3.8, 4) is 6.07 Å². The minimum absolute atomic E-state index is 0.111. The molecule has 0 radical (unpaired) electrons. The quantitative estimate of drug-likeness (QED) is 0.913. The molecular weight excluding hydrogens is 292 g/mol. The van der Waals surface area contributed by atoms with Gasteiger partial charge in [-0.1, -0.05) is 28.8 Å². The summed E-state index contributed by atoms with van der Waals surface area (Å²) in [6.45, 7) is 0. The van der Waals surface area contributed by atoms with Gasteiger partial charge in [-0.3, -0.25) is 0 Å². The first-order chi connectivity index (χ1) is 8.63. The fraction of sp³-hybridized carbons (Fsp3) is 0.500. The highest BCUT2D eigenvalue weighted by atomic mass is 79.9. The van der Waals surface area contributed by atoms with Gasteiger partial charge in [-0.05, 0) is 31.0 Å². The topological polar surface area (TPSA) is 47.3 Å². The Morgan fingerprint density at radius 2 is 2.11 bits per heavy atom. The summed E-state index contributed by atoms with van der Waals surface area (Å²) in [5.74, 6) is 0. The van der Waals surface area contributed by atoms with E-state index in [0.717, 1.165) is 35.8 Å². The molecule has 1 aromatic rings. The Morgan fingerprint density at radius 3 is 2.78 bits per heavy atom. The molecule has 3 nitrogen and oxygen atoms in total. The number of anilines is 1. The molecule has 0 amide bonds. The molecule has 0 bridgehead atoms. The van der Waals surface area contributed by atoms with Gasteiger partial charge >= 0.3 is 0 Å². The van der Waals surface area contributed by atoms with Gasteiger partial charge < -0.3 is 10.0 Å². The van der Waals surface area contributed by atoms with Crippen LogP contribution in [0.25, 0.3) is 0 Å². The average molecular weight is 309 g/mol. The summed E-state index contributed by atoms with van der Waals surface area (Å²) in [5.41, 5.74) is 1.54. The second-order valence-corrected chi connectivity index (χ2v) is 5.72. The van der Waals surface area contributed by atoms with Crippen LogP contribution in [-0.2, 0) is 0 Å². The molecule has 0 aliphatic heterocycles. The summed E-state index contributed by atoms with van der Waals surface area (Å²) in [6, 6.07) is 7.95. The van der Waals surface area contributed by atoms with Crippen LogP contribution in [0.15, 0.2) is 22.7 Å². The Hall–Kier alpha value is -1.05. The van der Waals surface area contributed by atoms with Gasteiger partial charge in [0.15, 0.2) is 0 Å². The van der Waals surface area contributed by atoms with Crippen LogP contribution in [-0.4, -0.2) is 24.3 Å². The Morgan fingerprint density at radius 1 is 1.39 bits per heavy atom. The summed E-state index contributed by atoms with van der Waals surface area (Å²) >= 11 is 3.43. The highest BCUT2D eigenvalue weighted by Gasteiger charge is 2.27. The smallest absolute Gasteiger partial charge is 0.101 e. The molecular formula is C14H17BrN2O. The lowest BCUT2D eigenvalue weighted by Gasteiger charge is -2.37. The first-order valence-corrected chi connectivity index (χ1v) is 7.03. The molecule has 2 rings (SSSR count). The van der Waals surface area contributed by atoms with E-state index in [1.807, 2.05) is 30.1 Å². The lowest BCUT2D eigenvalue weighted by Crippen LogP contribution is -2.43. The molecule has 1 N–H and O–H groups in total. The zero-order valence-electron chi connectivity index (χ0n) is 10.4. The van der Waals surface area contributed by atoms with E-state index < -0.39 is 0 Å². The van der Waals surface area contributed by atoms with E-state index in [4.69, 9.17) is 5.26 Å². The van der Waals surface area contributed by atoms with Crippen molar-refractivity contribution < 1.29 is 5.11 Å². The number of likely N-dealkylation sites (N-methyl/N-ethyl adjacent to an activating group) is 1. The molecule has 96 valence electrons. The van der Waals surface area contributed by atoms with E-state index >= 15 is 0 Å². The third kappa shape index (κ3) is 2.68. The first kappa shape index (κ1) is 13.4. The second kappa shape index (κ2) is 5.73. The number of hydrogen-bond acceptors (Lipinski definition) is 3. The normalized spacial score (nSPS) is 23.4. The maximum absolute atomic E-state index is 10.1. The van der Waals surface area contributed by atoms with E-state index in [0.29, 0.717) is 5.56 Å². The van der Waals surface area contributed by atoms with E-state index in [-0.39, 0.29) is 12.1 Å². The molecule has 0 heterocycles. The minimum Gasteiger partial charge on any atom is -0.391 e. The van der Waals surface area contributed by atoms with Gasteiger partial charge in [0.1, 0.15) is 6.07 Å². The van der Waals surface area contributed by atoms with Crippen molar-refractivity contribution >= 4 is 21.6 Å². The SMILES string of the molecule is CN(c1cc(Br)ccc1C#N)C1CCCCC1O. The summed E-state index contributed by atoms with van der Waals surface area (Å²) in [6.07, 6.45) is 3.77. The Kier molecular flexibility index (Phi) is 4.26. The Labute approximate surface area is 116 Å². The molecule has 2 unspecified atom stereocenters. The Balaban J connectivity index is 2.30. The zero-order valence-corrected chi connectivity index (χ0v) is 12.0. The van der Waals surface area contributed by atoms with Crippen LogP contribution >= 0.6 is 15.9 Å². The van der Waals surface area contributed by atoms with Gasteiger partial charge in [-0.25, -0.2) is 0 Å². The number of benzene rings is 1. The average Bonchev–Trinajstić information content (AvgIpc) is 2.38. The second-order valence-electron chi connectivity index (χ2n) is 4.80. The van der Waals surface area contributed by atoms with Crippen LogP contribution in [0.5, 0.6) is 0 Å². The standard InChI is InChI=1S/C14H17BrN2O/c1-17(12-4-2-3-5-14(12)18)13-8-11(15)7-6-10(13)9-16/h6-8,12,14,18H,2-5H2,1H3. The van der Waals surface area contributed by atoms with Gasteiger partial charge in [-0.2, -0.15) is 5.26 Å². The molecule has 1 aliphatic rings. The lowest BCUT2D eigenvalue weighted by molar-refractivity contribution is 0.106. The summed E-state index contributed by atoms with van der Waals surface area (Å²) in [5, 5.41) is 19.3. The number of nitriles is 1. The van der Waals surface area contributed by atoms with Gasteiger partial charge in [0.05, 0.1) is 23.4 Å². The van der Waals surface area contributed by atoms with Crippen LogP contribution < -0.4 is 4.90 Å². The third-order valence-corrected chi connectivity index (χ3v) is 4.14. The first-order valence-electron chi connectivity index (χ1n) is 6.24. The van der Waals surface area contributed by atoms with Gasteiger partial charge in [0, 0.05) is 11.5 Å². The van der Waals surface area contributed by atoms with Crippen LogP contribution in [0.3, 0.4) is 0 Å². The predicted octanol–water partition coefficient (Wildman–Crippen LogP) is 3.06. The molecule has 0 aromatic heterocycles. The summed E-state index contributed by atoms with van der Waals surface area (Å²) in [7, 11) is 1.96. The van der Waals surface area contributed by atoms with Gasteiger partial charge in [-0.15, -0.1) is 0 Å². The zero-order chi connectivity index (χ0) is 13.1. The Bertz CT molecular complexity index is 469. The van der Waals surface area contributed by atoms with E-state index in [2.05, 4.69) is 22.0 Å². The van der Waals surface area contributed by atoms with Crippen LogP contribution in [0.2, 0.25) is 0 Å². The molecule has 1 fully saturated rings. The number of halogens is 1. The number of nitrogens with zero attached hydrogens (tertiary/aromatic N) is 2. The molecule has 1 aromatic carbocycles. The highest BCUT2D eigenvalue weighted by Crippen LogP contribution is 2.30. The molecule has 2 atom stereocenters. The number of aliphatic hydroxyl groups excluding tert-OH is 1. The molecule has 1 saturated carbocycles. The van der Waals surface area contributed by atoms with Crippen LogP contribution in [0, 0.1) is 11.3 Å². The van der Waals surface area contributed by atoms with Crippen LogP contribution in [0.4, 0.5) is 5.69 Å². The maximum Gasteiger partial charge on any atom is 0.101 e. The maximum atomic E-state index is 10.1. The fourth-order valence-corrected chi connectivity index (χ4v) is 2.96. The largest absolute Gasteiger partial charge is 0.391 e. The molecule has 1 aliphatic carbocycles. The number of rotatable bonds is 2. The van der Waals surface area contributed by atoms with Crippen molar-refractivity contribution in [1.82, 2.24) is 0 Å². The molecule has 18 heavy (non-hydrogen) atoms. The van der Waals surface area contributed by atoms with Gasteiger partial charge in [0.25, 0.3) is 0 Å². The van der Waals surface area contributed by atoms with Crippen molar-refractivity contribution in [3.05, 3.63) is 28.2 Å². The molecule has 0 saturated heterocycles. The predicted molar refractivity (Wildman–Crippen MR) is 75.5 cm³/mol. The fourth-order valence-electron chi connectivity index (χ4n) is 2.61. The minimum atomic E-state index is -0.297. The highest BCUT2D eigenvalue weighted by molar-refractivity contribution is 9.10. The van der Waals surface area contributed by atoms with Crippen molar-refractivity contribution in [3.63, 3.8) is 0 Å². The van der Waals surface area contributed by atoms with Crippen molar-refractivity contribution in [2.24, 2.45) is 0 Å². The lowest BCUT2D eigenvalue weighted by atomic mass is 9.91. The van der Waals surface area contributed by atoms with Crippen molar-refractivity contribution in [1.29, 1.82) is 5.26 Å². The van der Waals surface area contributed by atoms with E-state index in [1.54, 1.807) is 0 Å². The van der Waals surface area contributed by atoms with Crippen molar-refractivity contribution in [2.75, 3.05) is 11.9 Å².